The van der Waals surface area contributed by atoms with Gasteiger partial charge in [0.05, 0.1) is 21.4 Å². The van der Waals surface area contributed by atoms with E-state index in [1.165, 1.54) is 19.1 Å². The maximum atomic E-state index is 13.0. The average molecular weight is 603 g/mol. The zero-order chi connectivity index (χ0) is 25.7. The van der Waals surface area contributed by atoms with Gasteiger partial charge in [0, 0.05) is 64.5 Å². The number of nitrogens with zero attached hydrogens (tertiary/aromatic N) is 4. The number of amides is 1. The first-order chi connectivity index (χ1) is 16.3. The summed E-state index contributed by atoms with van der Waals surface area (Å²) in [4.78, 5) is 11.9. The summed E-state index contributed by atoms with van der Waals surface area (Å²) in [6.45, 7) is 1.47. The minimum atomic E-state index is -4.69. The molecule has 0 aliphatic carbocycles. The fourth-order valence-electron chi connectivity index (χ4n) is 3.44. The molecule has 0 bridgehead atoms. The van der Waals surface area contributed by atoms with E-state index in [1.807, 2.05) is 0 Å². The Bertz CT molecular complexity index is 1680. The Balaban J connectivity index is 0.00000241. The first-order valence-electron chi connectivity index (χ1n) is 9.54. The van der Waals surface area contributed by atoms with E-state index in [0.29, 0.717) is 5.39 Å². The third kappa shape index (κ3) is 6.62. The van der Waals surface area contributed by atoms with E-state index in [9.17, 15) is 30.7 Å². The number of fused-ring (bicyclic) bond motifs is 1. The van der Waals surface area contributed by atoms with Gasteiger partial charge in [-0.25, -0.2) is 0 Å². The average Bonchev–Trinajstić information content (AvgIpc) is 3.04. The maximum Gasteiger partial charge on any atom is 0.297 e. The SMILES string of the molecule is CC1=NN(c2cc(Cl)c(S(=O)(=O)O)cc2Cl)C(=O)C1N=Nc1ccc2ccccc2c1S(=O)(=O)O.[Na].[Na]. The molecule has 1 amide bonds. The van der Waals surface area contributed by atoms with Crippen LogP contribution in [0.2, 0.25) is 10.0 Å². The Morgan fingerprint density at radius 1 is 0.946 bits per heavy atom. The molecule has 37 heavy (non-hydrogen) atoms. The van der Waals surface area contributed by atoms with Crippen molar-refractivity contribution in [1.82, 2.24) is 0 Å². The Morgan fingerprint density at radius 3 is 2.22 bits per heavy atom. The third-order valence-corrected chi connectivity index (χ3v) is 7.57. The van der Waals surface area contributed by atoms with E-state index in [2.05, 4.69) is 15.3 Å². The van der Waals surface area contributed by atoms with Crippen LogP contribution in [-0.2, 0) is 25.0 Å². The van der Waals surface area contributed by atoms with Gasteiger partial charge in [0.1, 0.15) is 15.5 Å². The molecule has 0 spiro atoms. The van der Waals surface area contributed by atoms with Gasteiger partial charge in [0.2, 0.25) is 0 Å². The van der Waals surface area contributed by atoms with E-state index < -0.39 is 47.0 Å². The Hall–Kier alpha value is -0.940. The fraction of sp³-hybridized carbons (Fsp3) is 0.100. The van der Waals surface area contributed by atoms with Crippen molar-refractivity contribution in [2.45, 2.75) is 22.8 Å². The molecule has 1 unspecified atom stereocenters. The molecule has 1 heterocycles. The molecule has 3 aromatic carbocycles. The molecule has 1 aliphatic rings. The maximum absolute atomic E-state index is 13.0. The van der Waals surface area contributed by atoms with E-state index >= 15 is 0 Å². The zero-order valence-electron chi connectivity index (χ0n) is 19.5. The summed E-state index contributed by atoms with van der Waals surface area (Å²) in [6.07, 6.45) is 0. The molecule has 3 aromatic rings. The summed E-state index contributed by atoms with van der Waals surface area (Å²) in [5.74, 6) is -0.738. The molecule has 2 radical (unpaired) electrons. The van der Waals surface area contributed by atoms with Crippen molar-refractivity contribution in [3.8, 4) is 0 Å². The number of carbonyl (C=O) groups excluding carboxylic acids is 1. The predicted octanol–water partition coefficient (Wildman–Crippen LogP) is 3.75. The van der Waals surface area contributed by atoms with Crippen LogP contribution in [0.25, 0.3) is 10.8 Å². The molecule has 4 rings (SSSR count). The molecule has 0 fully saturated rings. The molecule has 2 N–H and O–H groups in total. The van der Waals surface area contributed by atoms with Gasteiger partial charge in [0.15, 0.2) is 6.04 Å². The number of benzene rings is 3. The van der Waals surface area contributed by atoms with E-state index in [0.717, 1.165) is 17.1 Å². The molecule has 184 valence electrons. The van der Waals surface area contributed by atoms with Crippen LogP contribution in [0.3, 0.4) is 0 Å². The number of hydrazone groups is 1. The van der Waals surface area contributed by atoms with Gasteiger partial charge in [-0.3, -0.25) is 13.9 Å². The van der Waals surface area contributed by atoms with Crippen LogP contribution >= 0.6 is 23.2 Å². The monoisotopic (exact) mass is 602 g/mol. The zero-order valence-corrected chi connectivity index (χ0v) is 26.6. The molecular formula is C20H14Cl2N4Na2O7S2. The summed E-state index contributed by atoms with van der Waals surface area (Å²) < 4.78 is 66.0. The van der Waals surface area contributed by atoms with Crippen molar-refractivity contribution in [2.75, 3.05) is 5.01 Å². The van der Waals surface area contributed by atoms with Crippen LogP contribution < -0.4 is 5.01 Å². The van der Waals surface area contributed by atoms with E-state index in [1.54, 1.807) is 24.3 Å². The van der Waals surface area contributed by atoms with Crippen LogP contribution in [0.1, 0.15) is 6.92 Å². The third-order valence-electron chi connectivity index (χ3n) is 5.00. The smallest absolute Gasteiger partial charge is 0.282 e. The minimum absolute atomic E-state index is 0. The Morgan fingerprint density at radius 2 is 1.59 bits per heavy atom. The second-order valence-electron chi connectivity index (χ2n) is 7.33. The normalized spacial score (nSPS) is 16.0. The van der Waals surface area contributed by atoms with E-state index in [-0.39, 0.29) is 86.6 Å². The predicted molar refractivity (Wildman–Crippen MR) is 140 cm³/mol. The molecule has 11 nitrogen and oxygen atoms in total. The summed E-state index contributed by atoms with van der Waals surface area (Å²) in [5, 5.41) is 12.9. The molecule has 17 heteroatoms. The molecule has 0 aromatic heterocycles. The Kier molecular flexibility index (Phi) is 10.5. The van der Waals surface area contributed by atoms with Gasteiger partial charge in [-0.2, -0.15) is 37.2 Å². The first-order valence-corrected chi connectivity index (χ1v) is 13.2. The quantitative estimate of drug-likeness (QED) is 0.255. The molecule has 1 aliphatic heterocycles. The number of hydrogen-bond donors (Lipinski definition) is 2. The van der Waals surface area contributed by atoms with Gasteiger partial charge in [-0.1, -0.05) is 53.5 Å². The number of halogens is 2. The number of azo groups is 1. The summed E-state index contributed by atoms with van der Waals surface area (Å²) in [5.41, 5.74) is -0.0988. The number of rotatable bonds is 5. The summed E-state index contributed by atoms with van der Waals surface area (Å²) in [6, 6.07) is 10.0. The van der Waals surface area contributed by atoms with Crippen molar-refractivity contribution >= 4 is 136 Å². The molecular weight excluding hydrogens is 589 g/mol. The largest absolute Gasteiger partial charge is 0.297 e. The van der Waals surface area contributed by atoms with Gasteiger partial charge < -0.3 is 0 Å². The van der Waals surface area contributed by atoms with Gasteiger partial charge in [0.25, 0.3) is 26.1 Å². The van der Waals surface area contributed by atoms with Crippen molar-refractivity contribution in [1.29, 1.82) is 0 Å². The number of carbonyl (C=O) groups is 1. The number of anilines is 1. The minimum Gasteiger partial charge on any atom is -0.282 e. The van der Waals surface area contributed by atoms with Crippen LogP contribution in [0.4, 0.5) is 11.4 Å². The van der Waals surface area contributed by atoms with Crippen molar-refractivity contribution in [2.24, 2.45) is 15.3 Å². The summed E-state index contributed by atoms with van der Waals surface area (Å²) in [7, 11) is -9.36. The standard InChI is InChI=1S/C20H14Cl2N4O7S2.2Na/c1-10-18(20(27)26(25-10)16-8-14(22)17(9-13(16)21)34(28,29)30)24-23-15-7-6-11-4-2-3-5-12(11)19(15)35(31,32)33;;/h2-9,18H,1H3,(H,28,29,30)(H,31,32,33);;. The van der Waals surface area contributed by atoms with Crippen LogP contribution in [0.5, 0.6) is 0 Å². The van der Waals surface area contributed by atoms with Crippen molar-refractivity contribution in [3.05, 3.63) is 58.6 Å². The fourth-order valence-corrected chi connectivity index (χ4v) is 5.61. The van der Waals surface area contributed by atoms with Gasteiger partial charge >= 0.3 is 0 Å². The second-order valence-corrected chi connectivity index (χ2v) is 10.9. The first kappa shape index (κ1) is 32.3. The molecule has 0 saturated carbocycles. The summed E-state index contributed by atoms with van der Waals surface area (Å²) >= 11 is 12.0. The van der Waals surface area contributed by atoms with Gasteiger partial charge in [-0.15, -0.1) is 0 Å². The Labute approximate surface area is 266 Å². The van der Waals surface area contributed by atoms with Crippen LogP contribution in [0, 0.1) is 0 Å². The topological polar surface area (TPSA) is 166 Å². The van der Waals surface area contributed by atoms with Crippen molar-refractivity contribution < 1.29 is 30.7 Å². The van der Waals surface area contributed by atoms with Gasteiger partial charge in [-0.05, 0) is 30.5 Å². The van der Waals surface area contributed by atoms with Crippen LogP contribution in [0.15, 0.2) is 73.7 Å². The molecule has 1 atom stereocenters. The number of hydrogen-bond acceptors (Lipinski definition) is 8. The van der Waals surface area contributed by atoms with Crippen molar-refractivity contribution in [3.63, 3.8) is 0 Å². The van der Waals surface area contributed by atoms with E-state index in [4.69, 9.17) is 23.2 Å². The second kappa shape index (κ2) is 12.1. The van der Waals surface area contributed by atoms with Crippen LogP contribution in [-0.4, -0.2) is 103 Å². The molecule has 0 saturated heterocycles.